The Morgan fingerprint density at radius 2 is 2.10 bits per heavy atom. The van der Waals surface area contributed by atoms with E-state index >= 15 is 0 Å². The first-order chi connectivity index (χ1) is 4.81. The van der Waals surface area contributed by atoms with Gasteiger partial charge in [0.05, 0.1) is 0 Å². The fraction of sp³-hybridized carbons (Fsp3) is 0.714. The van der Waals surface area contributed by atoms with Gasteiger partial charge in [-0.15, -0.1) is 0 Å². The summed E-state index contributed by atoms with van der Waals surface area (Å²) < 4.78 is 0. The lowest BCUT2D eigenvalue weighted by Crippen LogP contribution is -2.14. The summed E-state index contributed by atoms with van der Waals surface area (Å²) in [6.07, 6.45) is 3.52. The first kappa shape index (κ1) is 9.43. The Labute approximate surface area is 62.0 Å². The van der Waals surface area contributed by atoms with Crippen LogP contribution in [0.5, 0.6) is 0 Å². The second-order valence-electron chi connectivity index (χ2n) is 2.20. The maximum absolute atomic E-state index is 10.6. The maximum Gasteiger partial charge on any atom is 0.220 e. The molecule has 0 aliphatic carbocycles. The molecule has 0 aromatic rings. The number of hydrogen-bond acceptors (Lipinski definition) is 2. The first-order valence-electron chi connectivity index (χ1n) is 3.57. The van der Waals surface area contributed by atoms with Gasteiger partial charge in [0, 0.05) is 13.5 Å². The van der Waals surface area contributed by atoms with E-state index in [0.717, 1.165) is 19.3 Å². The molecule has 0 aliphatic heterocycles. The van der Waals surface area contributed by atoms with Crippen molar-refractivity contribution in [3.63, 3.8) is 0 Å². The lowest BCUT2D eigenvalue weighted by atomic mass is 10.2. The van der Waals surface area contributed by atoms with Crippen molar-refractivity contribution in [2.75, 3.05) is 6.54 Å². The van der Waals surface area contributed by atoms with E-state index in [2.05, 4.69) is 12.4 Å². The van der Waals surface area contributed by atoms with Crippen LogP contribution in [0, 0.1) is 7.05 Å². The number of rotatable bonds is 5. The number of amides is 1. The molecule has 0 aliphatic rings. The normalized spacial score (nSPS) is 9.40. The Kier molecular flexibility index (Phi) is 6.18. The third kappa shape index (κ3) is 5.56. The molecule has 1 radical (unpaired) electrons. The second-order valence-corrected chi connectivity index (χ2v) is 2.20. The van der Waals surface area contributed by atoms with E-state index in [9.17, 15) is 4.79 Å². The van der Waals surface area contributed by atoms with Gasteiger partial charge < -0.3 is 11.1 Å². The van der Waals surface area contributed by atoms with Crippen LogP contribution < -0.4 is 11.1 Å². The van der Waals surface area contributed by atoms with Crippen LogP contribution in [0.2, 0.25) is 0 Å². The van der Waals surface area contributed by atoms with Gasteiger partial charge in [-0.1, -0.05) is 6.42 Å². The molecule has 0 spiro atoms. The van der Waals surface area contributed by atoms with Crippen LogP contribution in [-0.2, 0) is 4.79 Å². The summed E-state index contributed by atoms with van der Waals surface area (Å²) in [5.41, 5.74) is 5.26. The third-order valence-electron chi connectivity index (χ3n) is 1.31. The predicted molar refractivity (Wildman–Crippen MR) is 41.0 cm³/mol. The zero-order valence-corrected chi connectivity index (χ0v) is 6.23. The molecule has 59 valence electrons. The van der Waals surface area contributed by atoms with E-state index in [1.807, 2.05) is 0 Å². The number of nitrogens with two attached hydrogens (primary N) is 1. The van der Waals surface area contributed by atoms with E-state index in [0.29, 0.717) is 13.0 Å². The summed E-state index contributed by atoms with van der Waals surface area (Å²) in [5, 5.41) is 2.32. The van der Waals surface area contributed by atoms with Gasteiger partial charge in [0.25, 0.3) is 0 Å². The Morgan fingerprint density at radius 3 is 2.60 bits per heavy atom. The topological polar surface area (TPSA) is 55.1 Å². The SMILES string of the molecule is [CH2]NC(=O)CCCCCN. The maximum atomic E-state index is 10.6. The Hall–Kier alpha value is -0.570. The quantitative estimate of drug-likeness (QED) is 0.548. The zero-order valence-electron chi connectivity index (χ0n) is 6.23. The third-order valence-corrected chi connectivity index (χ3v) is 1.31. The first-order valence-corrected chi connectivity index (χ1v) is 3.57. The molecule has 0 saturated heterocycles. The van der Waals surface area contributed by atoms with Gasteiger partial charge in [0.15, 0.2) is 0 Å². The van der Waals surface area contributed by atoms with Crippen LogP contribution in [0.25, 0.3) is 0 Å². The van der Waals surface area contributed by atoms with Gasteiger partial charge >= 0.3 is 0 Å². The number of hydrogen-bond donors (Lipinski definition) is 2. The standard InChI is InChI=1S/C7H15N2O/c1-9-7(10)5-3-2-4-6-8/h1-6,8H2,(H,9,10). The second kappa shape index (κ2) is 6.55. The Bertz CT molecular complexity index is 93.6. The predicted octanol–water partition coefficient (Wildman–Crippen LogP) is 0.413. The van der Waals surface area contributed by atoms with Crippen molar-refractivity contribution in [1.29, 1.82) is 0 Å². The molecule has 0 saturated carbocycles. The molecule has 3 N–H and O–H groups in total. The molecule has 0 bridgehead atoms. The van der Waals surface area contributed by atoms with E-state index in [1.54, 1.807) is 0 Å². The molecule has 0 atom stereocenters. The van der Waals surface area contributed by atoms with Crippen LogP contribution >= 0.6 is 0 Å². The molecule has 3 heteroatoms. The molecule has 0 heterocycles. The Balaban J connectivity index is 2.96. The Morgan fingerprint density at radius 1 is 1.40 bits per heavy atom. The fourth-order valence-electron chi connectivity index (χ4n) is 0.695. The van der Waals surface area contributed by atoms with Crippen molar-refractivity contribution < 1.29 is 4.79 Å². The van der Waals surface area contributed by atoms with Crippen LogP contribution in [-0.4, -0.2) is 12.5 Å². The molecule has 1 amide bonds. The summed E-state index contributed by atoms with van der Waals surface area (Å²) in [6.45, 7) is 0.714. The van der Waals surface area contributed by atoms with Gasteiger partial charge in [-0.2, -0.15) is 0 Å². The van der Waals surface area contributed by atoms with Crippen LogP contribution in [0.15, 0.2) is 0 Å². The molecule has 10 heavy (non-hydrogen) atoms. The lowest BCUT2D eigenvalue weighted by Gasteiger charge is -1.97. The van der Waals surface area contributed by atoms with E-state index < -0.39 is 0 Å². The number of nitrogens with one attached hydrogen (secondary N) is 1. The van der Waals surface area contributed by atoms with Gasteiger partial charge in [0.2, 0.25) is 5.91 Å². The summed E-state index contributed by atoms with van der Waals surface area (Å²) in [7, 11) is 3.26. The van der Waals surface area contributed by atoms with E-state index in [1.165, 1.54) is 0 Å². The summed E-state index contributed by atoms with van der Waals surface area (Å²) in [5.74, 6) is 0.0111. The number of carbonyl (C=O) groups excluding carboxylic acids is 1. The van der Waals surface area contributed by atoms with Crippen LogP contribution in [0.1, 0.15) is 25.7 Å². The largest absolute Gasteiger partial charge is 0.354 e. The van der Waals surface area contributed by atoms with Crippen molar-refractivity contribution in [3.8, 4) is 0 Å². The molecular formula is C7H15N2O. The highest BCUT2D eigenvalue weighted by molar-refractivity contribution is 5.75. The molecular weight excluding hydrogens is 128 g/mol. The zero-order chi connectivity index (χ0) is 7.82. The molecule has 0 aromatic heterocycles. The average molecular weight is 143 g/mol. The minimum Gasteiger partial charge on any atom is -0.354 e. The lowest BCUT2D eigenvalue weighted by molar-refractivity contribution is -0.120. The number of carbonyl (C=O) groups is 1. The highest BCUT2D eigenvalue weighted by Crippen LogP contribution is 1.97. The van der Waals surface area contributed by atoms with Crippen molar-refractivity contribution in [2.24, 2.45) is 5.73 Å². The smallest absolute Gasteiger partial charge is 0.220 e. The fourth-order valence-corrected chi connectivity index (χ4v) is 0.695. The van der Waals surface area contributed by atoms with Crippen molar-refractivity contribution >= 4 is 5.91 Å². The average Bonchev–Trinajstić information content (AvgIpc) is 1.98. The molecule has 0 rings (SSSR count). The molecule has 0 unspecified atom stereocenters. The van der Waals surface area contributed by atoms with Gasteiger partial charge in [0.1, 0.15) is 0 Å². The van der Waals surface area contributed by atoms with Crippen molar-refractivity contribution in [1.82, 2.24) is 5.32 Å². The van der Waals surface area contributed by atoms with Gasteiger partial charge in [-0.25, -0.2) is 0 Å². The van der Waals surface area contributed by atoms with Crippen molar-refractivity contribution in [2.45, 2.75) is 25.7 Å². The minimum atomic E-state index is 0.0111. The molecule has 3 nitrogen and oxygen atoms in total. The van der Waals surface area contributed by atoms with Crippen LogP contribution in [0.3, 0.4) is 0 Å². The summed E-state index contributed by atoms with van der Waals surface area (Å²) in [4.78, 5) is 10.6. The van der Waals surface area contributed by atoms with Gasteiger partial charge in [-0.3, -0.25) is 4.79 Å². The summed E-state index contributed by atoms with van der Waals surface area (Å²) >= 11 is 0. The molecule has 0 fully saturated rings. The van der Waals surface area contributed by atoms with E-state index in [4.69, 9.17) is 5.73 Å². The monoisotopic (exact) mass is 143 g/mol. The minimum absolute atomic E-state index is 0.0111. The highest BCUT2D eigenvalue weighted by Gasteiger charge is 1.95. The van der Waals surface area contributed by atoms with Crippen molar-refractivity contribution in [3.05, 3.63) is 7.05 Å². The van der Waals surface area contributed by atoms with E-state index in [-0.39, 0.29) is 5.91 Å². The highest BCUT2D eigenvalue weighted by atomic mass is 16.1. The molecule has 0 aromatic carbocycles. The summed E-state index contributed by atoms with van der Waals surface area (Å²) in [6, 6.07) is 0. The van der Waals surface area contributed by atoms with Gasteiger partial charge in [-0.05, 0) is 19.4 Å². The number of unbranched alkanes of at least 4 members (excludes halogenated alkanes) is 2. The van der Waals surface area contributed by atoms with Crippen LogP contribution in [0.4, 0.5) is 0 Å².